The summed E-state index contributed by atoms with van der Waals surface area (Å²) < 4.78 is 8.25. The van der Waals surface area contributed by atoms with Crippen molar-refractivity contribution in [2.45, 2.75) is 38.8 Å². The van der Waals surface area contributed by atoms with Crippen LogP contribution in [0.4, 0.5) is 0 Å². The summed E-state index contributed by atoms with van der Waals surface area (Å²) in [7, 11) is 0. The zero-order valence-electron chi connectivity index (χ0n) is 19.4. The Kier molecular flexibility index (Phi) is 6.29. The highest BCUT2D eigenvalue weighted by atomic mass is 35.5. The summed E-state index contributed by atoms with van der Waals surface area (Å²) in [6.07, 6.45) is 0.470. The Balaban J connectivity index is 1.37. The summed E-state index contributed by atoms with van der Waals surface area (Å²) in [5.41, 5.74) is 4.15. The number of fused-ring (bicyclic) bond motifs is 1. The number of para-hydroxylation sites is 2. The Morgan fingerprint density at radius 2 is 1.85 bits per heavy atom. The van der Waals surface area contributed by atoms with E-state index in [9.17, 15) is 4.79 Å². The van der Waals surface area contributed by atoms with Gasteiger partial charge in [0.05, 0.1) is 23.6 Å². The Bertz CT molecular complexity index is 1320. The number of ether oxygens (including phenoxy) is 1. The molecule has 0 radical (unpaired) electrons. The lowest BCUT2D eigenvalue weighted by atomic mass is 10.1. The van der Waals surface area contributed by atoms with Gasteiger partial charge in [0.1, 0.15) is 18.2 Å². The minimum absolute atomic E-state index is 0.0352. The van der Waals surface area contributed by atoms with Crippen LogP contribution in [0.1, 0.15) is 42.3 Å². The largest absolute Gasteiger partial charge is 0.492 e. The molecular weight excluding hydrogens is 446 g/mol. The molecule has 0 N–H and O–H groups in total. The summed E-state index contributed by atoms with van der Waals surface area (Å²) >= 11 is 6.14. The van der Waals surface area contributed by atoms with E-state index in [0.717, 1.165) is 38.8 Å². The molecule has 0 spiro atoms. The first-order chi connectivity index (χ1) is 16.5. The first-order valence-electron chi connectivity index (χ1n) is 11.7. The molecule has 0 aliphatic carbocycles. The van der Waals surface area contributed by atoms with Gasteiger partial charge in [-0.15, -0.1) is 0 Å². The van der Waals surface area contributed by atoms with Crippen LogP contribution in [0.15, 0.2) is 72.8 Å². The van der Waals surface area contributed by atoms with Gasteiger partial charge >= 0.3 is 0 Å². The number of imidazole rings is 1. The van der Waals surface area contributed by atoms with Crippen LogP contribution < -0.4 is 4.74 Å². The predicted octanol–water partition coefficient (Wildman–Crippen LogP) is 6.15. The standard InChI is InChI=1S/C28H28ClN3O2/c1-19-16-23(12-13-24(19)29)34-15-14-31-26-11-7-6-10-25(26)30-28(31)22-17-27(33)32(18-22)20(2)21-8-4-3-5-9-21/h3-13,16,20,22H,14-15,17-18H2,1-2H3. The number of carbonyl (C=O) groups excluding carboxylic acids is 1. The average Bonchev–Trinajstić information content (AvgIpc) is 3.42. The SMILES string of the molecule is Cc1cc(OCCn2c(C3CC(=O)N(C(C)c4ccccc4)C3)nc3ccccc32)ccc1Cl. The fraction of sp³-hybridized carbons (Fsp3) is 0.286. The summed E-state index contributed by atoms with van der Waals surface area (Å²) in [6, 6.07) is 24.1. The van der Waals surface area contributed by atoms with Crippen LogP contribution in [0.25, 0.3) is 11.0 Å². The monoisotopic (exact) mass is 473 g/mol. The van der Waals surface area contributed by atoms with Crippen LogP contribution in [0.2, 0.25) is 5.02 Å². The quantitative estimate of drug-likeness (QED) is 0.323. The number of aromatic nitrogens is 2. The van der Waals surface area contributed by atoms with Crippen molar-refractivity contribution in [3.63, 3.8) is 0 Å². The van der Waals surface area contributed by atoms with Gasteiger partial charge in [0, 0.05) is 23.9 Å². The second-order valence-corrected chi connectivity index (χ2v) is 9.31. The zero-order valence-corrected chi connectivity index (χ0v) is 20.2. The van der Waals surface area contributed by atoms with Gasteiger partial charge in [-0.05, 0) is 55.3 Å². The first-order valence-corrected chi connectivity index (χ1v) is 12.1. The number of hydrogen-bond donors (Lipinski definition) is 0. The van der Waals surface area contributed by atoms with Crippen LogP contribution >= 0.6 is 11.6 Å². The van der Waals surface area contributed by atoms with E-state index in [2.05, 4.69) is 29.7 Å². The number of halogens is 1. The third-order valence-corrected chi connectivity index (χ3v) is 7.09. The first kappa shape index (κ1) is 22.5. The van der Waals surface area contributed by atoms with E-state index in [1.807, 2.05) is 66.4 Å². The molecule has 5 nitrogen and oxygen atoms in total. The third kappa shape index (κ3) is 4.40. The molecule has 1 aliphatic rings. The Morgan fingerprint density at radius 3 is 2.65 bits per heavy atom. The van der Waals surface area contributed by atoms with Crippen molar-refractivity contribution in [2.75, 3.05) is 13.2 Å². The van der Waals surface area contributed by atoms with E-state index in [-0.39, 0.29) is 17.9 Å². The lowest BCUT2D eigenvalue weighted by Gasteiger charge is -2.25. The molecule has 0 bridgehead atoms. The van der Waals surface area contributed by atoms with Crippen molar-refractivity contribution in [3.8, 4) is 5.75 Å². The Labute approximate surface area is 204 Å². The van der Waals surface area contributed by atoms with Gasteiger partial charge < -0.3 is 14.2 Å². The number of rotatable bonds is 7. The number of likely N-dealkylation sites (tertiary alicyclic amines) is 1. The van der Waals surface area contributed by atoms with Crippen molar-refractivity contribution in [2.24, 2.45) is 0 Å². The zero-order chi connectivity index (χ0) is 23.7. The molecule has 2 unspecified atom stereocenters. The van der Waals surface area contributed by atoms with E-state index in [1.54, 1.807) is 0 Å². The highest BCUT2D eigenvalue weighted by Gasteiger charge is 2.36. The average molecular weight is 474 g/mol. The van der Waals surface area contributed by atoms with Gasteiger partial charge in [-0.2, -0.15) is 0 Å². The molecule has 2 heterocycles. The molecule has 1 aromatic heterocycles. The van der Waals surface area contributed by atoms with Gasteiger partial charge in [0.25, 0.3) is 0 Å². The number of carbonyl (C=O) groups is 1. The lowest BCUT2D eigenvalue weighted by Crippen LogP contribution is -2.28. The smallest absolute Gasteiger partial charge is 0.223 e. The maximum Gasteiger partial charge on any atom is 0.223 e. The van der Waals surface area contributed by atoms with E-state index < -0.39 is 0 Å². The minimum Gasteiger partial charge on any atom is -0.492 e. The highest BCUT2D eigenvalue weighted by molar-refractivity contribution is 6.31. The number of aryl methyl sites for hydroxylation is 1. The van der Waals surface area contributed by atoms with Crippen LogP contribution in [0.3, 0.4) is 0 Å². The summed E-state index contributed by atoms with van der Waals surface area (Å²) in [4.78, 5) is 20.0. The molecular formula is C28H28ClN3O2. The molecule has 1 saturated heterocycles. The molecule has 3 aromatic carbocycles. The van der Waals surface area contributed by atoms with E-state index in [1.165, 1.54) is 0 Å². The van der Waals surface area contributed by atoms with Gasteiger partial charge in [0.2, 0.25) is 5.91 Å². The van der Waals surface area contributed by atoms with Gasteiger partial charge in [-0.1, -0.05) is 54.1 Å². The van der Waals surface area contributed by atoms with Crippen molar-refractivity contribution in [1.82, 2.24) is 14.5 Å². The van der Waals surface area contributed by atoms with E-state index in [4.69, 9.17) is 21.3 Å². The molecule has 34 heavy (non-hydrogen) atoms. The second-order valence-electron chi connectivity index (χ2n) is 8.90. The normalized spacial score (nSPS) is 16.9. The molecule has 1 amide bonds. The van der Waals surface area contributed by atoms with Crippen molar-refractivity contribution in [1.29, 1.82) is 0 Å². The number of hydrogen-bond acceptors (Lipinski definition) is 3. The van der Waals surface area contributed by atoms with Gasteiger partial charge in [0.15, 0.2) is 0 Å². The van der Waals surface area contributed by atoms with Crippen molar-refractivity contribution < 1.29 is 9.53 Å². The van der Waals surface area contributed by atoms with Crippen molar-refractivity contribution in [3.05, 3.63) is 94.8 Å². The topological polar surface area (TPSA) is 47.4 Å². The molecule has 1 fully saturated rings. The summed E-state index contributed by atoms with van der Waals surface area (Å²) in [6.45, 7) is 5.88. The minimum atomic E-state index is 0.0352. The van der Waals surface area contributed by atoms with E-state index in [0.29, 0.717) is 26.1 Å². The highest BCUT2D eigenvalue weighted by Crippen LogP contribution is 2.35. The number of nitrogens with zero attached hydrogens (tertiary/aromatic N) is 3. The molecule has 5 rings (SSSR count). The summed E-state index contributed by atoms with van der Waals surface area (Å²) in [5, 5.41) is 0.732. The fourth-order valence-electron chi connectivity index (χ4n) is 4.79. The molecule has 174 valence electrons. The fourth-order valence-corrected chi connectivity index (χ4v) is 4.91. The summed E-state index contributed by atoms with van der Waals surface area (Å²) in [5.74, 6) is 1.97. The van der Waals surface area contributed by atoms with Gasteiger partial charge in [-0.3, -0.25) is 4.79 Å². The van der Waals surface area contributed by atoms with Crippen molar-refractivity contribution >= 4 is 28.5 Å². The van der Waals surface area contributed by atoms with E-state index >= 15 is 0 Å². The number of benzene rings is 3. The molecule has 0 saturated carbocycles. The maximum atomic E-state index is 13.0. The van der Waals surface area contributed by atoms with Crippen LogP contribution in [0.5, 0.6) is 5.75 Å². The van der Waals surface area contributed by atoms with Gasteiger partial charge in [-0.25, -0.2) is 4.98 Å². The number of amides is 1. The molecule has 1 aliphatic heterocycles. The molecule has 2 atom stereocenters. The second kappa shape index (κ2) is 9.51. The maximum absolute atomic E-state index is 13.0. The Hall–Kier alpha value is -3.31. The molecule has 6 heteroatoms. The van der Waals surface area contributed by atoms with Crippen LogP contribution in [0, 0.1) is 6.92 Å². The molecule has 4 aromatic rings. The van der Waals surface area contributed by atoms with Crippen LogP contribution in [-0.2, 0) is 11.3 Å². The lowest BCUT2D eigenvalue weighted by molar-refractivity contribution is -0.129. The third-order valence-electron chi connectivity index (χ3n) is 6.67. The Morgan fingerprint density at radius 1 is 1.09 bits per heavy atom. The van der Waals surface area contributed by atoms with Crippen LogP contribution in [-0.4, -0.2) is 33.5 Å². The predicted molar refractivity (Wildman–Crippen MR) is 135 cm³/mol.